The predicted molar refractivity (Wildman–Crippen MR) is 164 cm³/mol. The Balaban J connectivity index is 1.27. The van der Waals surface area contributed by atoms with Gasteiger partial charge in [-0.1, -0.05) is 30.3 Å². The van der Waals surface area contributed by atoms with Crippen LogP contribution >= 0.6 is 11.3 Å². The molecule has 1 amide bonds. The van der Waals surface area contributed by atoms with Gasteiger partial charge in [-0.05, 0) is 31.2 Å². The maximum Gasteiger partial charge on any atom is 0.241 e. The third-order valence-electron chi connectivity index (χ3n) is 8.09. The van der Waals surface area contributed by atoms with Crippen LogP contribution in [0.3, 0.4) is 0 Å². The predicted octanol–water partition coefficient (Wildman–Crippen LogP) is 5.32. The number of hydrogen-bond donors (Lipinski definition) is 1. The van der Waals surface area contributed by atoms with Crippen LogP contribution in [-0.2, 0) is 14.3 Å². The van der Waals surface area contributed by atoms with Crippen molar-refractivity contribution in [2.45, 2.75) is 13.0 Å². The first-order valence-electron chi connectivity index (χ1n) is 14.0. The zero-order chi connectivity index (χ0) is 27.9. The second kappa shape index (κ2) is 10.9. The second-order valence-corrected chi connectivity index (χ2v) is 11.6. The maximum atomic E-state index is 13.1. The van der Waals surface area contributed by atoms with Gasteiger partial charge in [0, 0.05) is 69.2 Å². The van der Waals surface area contributed by atoms with E-state index in [0.717, 1.165) is 50.1 Å². The number of thiophene rings is 1. The van der Waals surface area contributed by atoms with E-state index in [-0.39, 0.29) is 17.4 Å². The Morgan fingerprint density at radius 1 is 0.854 bits per heavy atom. The number of anilines is 2. The minimum Gasteiger partial charge on any atom is -0.440 e. The lowest BCUT2D eigenvalue weighted by atomic mass is 10.0. The summed E-state index contributed by atoms with van der Waals surface area (Å²) in [5.41, 5.74) is 3.23. The van der Waals surface area contributed by atoms with Crippen molar-refractivity contribution in [1.29, 1.82) is 0 Å². The number of fused-ring (bicyclic) bond motifs is 4. The van der Waals surface area contributed by atoms with E-state index < -0.39 is 0 Å². The Hall–Kier alpha value is -3.76. The van der Waals surface area contributed by atoms with Gasteiger partial charge in [-0.25, -0.2) is 0 Å². The number of carbonyl (C=O) groups is 1. The number of para-hydroxylation sites is 1. The average Bonchev–Trinajstić information content (AvgIpc) is 3.39. The lowest BCUT2D eigenvalue weighted by Crippen LogP contribution is -2.47. The molecule has 41 heavy (non-hydrogen) atoms. The molecule has 0 saturated carbocycles. The van der Waals surface area contributed by atoms with Crippen LogP contribution in [0.25, 0.3) is 42.3 Å². The molecule has 0 unspecified atom stereocenters. The SMILES string of the molecule is C[C@@H](C(=O)Nc1ccc2sc3c(-c4cccc5c(=O)cc(N6CCOCC6)oc45)cccc3c2c1)N1CCOCC1. The van der Waals surface area contributed by atoms with E-state index in [9.17, 15) is 9.59 Å². The van der Waals surface area contributed by atoms with Gasteiger partial charge in [0.15, 0.2) is 11.3 Å². The number of hydrogen-bond acceptors (Lipinski definition) is 8. The van der Waals surface area contributed by atoms with Gasteiger partial charge in [0.05, 0.1) is 37.9 Å². The highest BCUT2D eigenvalue weighted by Crippen LogP contribution is 2.42. The molecule has 2 aliphatic heterocycles. The van der Waals surface area contributed by atoms with Gasteiger partial charge in [0.2, 0.25) is 5.91 Å². The third-order valence-corrected chi connectivity index (χ3v) is 9.31. The van der Waals surface area contributed by atoms with E-state index in [1.54, 1.807) is 17.4 Å². The molecule has 3 aromatic carbocycles. The molecule has 9 heteroatoms. The molecule has 2 aliphatic rings. The molecule has 2 aromatic heterocycles. The quantitative estimate of drug-likeness (QED) is 0.307. The second-order valence-electron chi connectivity index (χ2n) is 10.5. The monoisotopic (exact) mass is 569 g/mol. The summed E-state index contributed by atoms with van der Waals surface area (Å²) in [6.45, 7) is 7.36. The number of nitrogens with zero attached hydrogens (tertiary/aromatic N) is 2. The Morgan fingerprint density at radius 3 is 2.34 bits per heavy atom. The Bertz CT molecular complexity index is 1820. The van der Waals surface area contributed by atoms with Crippen LogP contribution in [-0.4, -0.2) is 69.5 Å². The van der Waals surface area contributed by atoms with Gasteiger partial charge in [-0.15, -0.1) is 11.3 Å². The van der Waals surface area contributed by atoms with Crippen LogP contribution in [0, 0.1) is 0 Å². The van der Waals surface area contributed by atoms with Crippen molar-refractivity contribution in [2.24, 2.45) is 0 Å². The van der Waals surface area contributed by atoms with E-state index in [0.29, 0.717) is 56.4 Å². The summed E-state index contributed by atoms with van der Waals surface area (Å²) in [4.78, 5) is 30.4. The Labute approximate surface area is 241 Å². The molecule has 8 nitrogen and oxygen atoms in total. The molecule has 5 aromatic rings. The molecular formula is C32H31N3O5S. The number of ether oxygens (including phenoxy) is 2. The standard InChI is InChI=1S/C32H31N3O5S/c1-20(34-10-14-38-15-11-34)32(37)33-21-8-9-28-26(18-21)24-6-3-5-23(31(24)41-28)22-4-2-7-25-27(36)19-29(40-30(22)25)35-12-16-39-17-13-35/h2-9,18-20H,10-17H2,1H3,(H,33,37)/t20-/m0/s1. The van der Waals surface area contributed by atoms with Crippen LogP contribution in [0.1, 0.15) is 6.92 Å². The molecular weight excluding hydrogens is 538 g/mol. The van der Waals surface area contributed by atoms with Gasteiger partial charge in [-0.2, -0.15) is 0 Å². The van der Waals surface area contributed by atoms with Gasteiger partial charge in [0.25, 0.3) is 0 Å². The number of carbonyl (C=O) groups excluding carboxylic acids is 1. The summed E-state index contributed by atoms with van der Waals surface area (Å²) < 4.78 is 19.6. The molecule has 0 aliphatic carbocycles. The topological polar surface area (TPSA) is 84.2 Å². The van der Waals surface area contributed by atoms with Crippen LogP contribution in [0.15, 0.2) is 69.9 Å². The largest absolute Gasteiger partial charge is 0.440 e. The van der Waals surface area contributed by atoms with Gasteiger partial charge in [0.1, 0.15) is 5.58 Å². The normalized spacial score (nSPS) is 17.3. The lowest BCUT2D eigenvalue weighted by Gasteiger charge is -2.31. The first kappa shape index (κ1) is 26.2. The van der Waals surface area contributed by atoms with Crippen LogP contribution in [0.2, 0.25) is 0 Å². The molecule has 4 heterocycles. The Morgan fingerprint density at radius 2 is 1.56 bits per heavy atom. The summed E-state index contributed by atoms with van der Waals surface area (Å²) in [5, 5.41) is 5.87. The van der Waals surface area contributed by atoms with Crippen molar-refractivity contribution in [1.82, 2.24) is 4.90 Å². The van der Waals surface area contributed by atoms with E-state index in [1.165, 1.54) is 0 Å². The van der Waals surface area contributed by atoms with Gasteiger partial charge in [-0.3, -0.25) is 14.5 Å². The van der Waals surface area contributed by atoms with Gasteiger partial charge >= 0.3 is 0 Å². The minimum atomic E-state index is -0.233. The molecule has 2 saturated heterocycles. The number of amides is 1. The Kier molecular flexibility index (Phi) is 6.96. The molecule has 210 valence electrons. The number of benzene rings is 3. The lowest BCUT2D eigenvalue weighted by molar-refractivity contribution is -0.122. The summed E-state index contributed by atoms with van der Waals surface area (Å²) in [6, 6.07) is 19.4. The third kappa shape index (κ3) is 4.89. The number of nitrogens with one attached hydrogen (secondary N) is 1. The summed E-state index contributed by atoms with van der Waals surface area (Å²) in [6.07, 6.45) is 0. The highest BCUT2D eigenvalue weighted by atomic mass is 32.1. The highest BCUT2D eigenvalue weighted by Gasteiger charge is 2.24. The molecule has 2 fully saturated rings. The van der Waals surface area contributed by atoms with Crippen molar-refractivity contribution in [2.75, 3.05) is 62.8 Å². The van der Waals surface area contributed by atoms with Crippen molar-refractivity contribution >= 4 is 60.0 Å². The fraction of sp³-hybridized carbons (Fsp3) is 0.312. The van der Waals surface area contributed by atoms with E-state index in [4.69, 9.17) is 13.9 Å². The van der Waals surface area contributed by atoms with Gasteiger partial charge < -0.3 is 24.1 Å². The first-order chi connectivity index (χ1) is 20.1. The zero-order valence-electron chi connectivity index (χ0n) is 22.9. The highest BCUT2D eigenvalue weighted by molar-refractivity contribution is 7.26. The van der Waals surface area contributed by atoms with E-state index in [2.05, 4.69) is 39.4 Å². The molecule has 0 spiro atoms. The summed E-state index contributed by atoms with van der Waals surface area (Å²) in [7, 11) is 0. The molecule has 0 bridgehead atoms. The summed E-state index contributed by atoms with van der Waals surface area (Å²) in [5.74, 6) is 0.557. The van der Waals surface area contributed by atoms with E-state index >= 15 is 0 Å². The van der Waals surface area contributed by atoms with E-state index in [1.807, 2.05) is 37.3 Å². The van der Waals surface area contributed by atoms with Crippen molar-refractivity contribution in [3.05, 3.63) is 70.9 Å². The number of morpholine rings is 2. The first-order valence-corrected chi connectivity index (χ1v) is 14.9. The number of rotatable bonds is 5. The van der Waals surface area contributed by atoms with Crippen molar-refractivity contribution in [3.63, 3.8) is 0 Å². The fourth-order valence-electron chi connectivity index (χ4n) is 5.78. The van der Waals surface area contributed by atoms with Crippen LogP contribution in [0.5, 0.6) is 0 Å². The smallest absolute Gasteiger partial charge is 0.241 e. The zero-order valence-corrected chi connectivity index (χ0v) is 23.7. The van der Waals surface area contributed by atoms with Crippen LogP contribution < -0.4 is 15.6 Å². The summed E-state index contributed by atoms with van der Waals surface area (Å²) >= 11 is 1.70. The average molecular weight is 570 g/mol. The van der Waals surface area contributed by atoms with Crippen molar-refractivity contribution < 1.29 is 18.7 Å². The molecule has 1 N–H and O–H groups in total. The van der Waals surface area contributed by atoms with Crippen molar-refractivity contribution in [3.8, 4) is 11.1 Å². The fourth-order valence-corrected chi connectivity index (χ4v) is 6.99. The molecule has 7 rings (SSSR count). The molecule has 0 radical (unpaired) electrons. The maximum absolute atomic E-state index is 13.1. The van der Waals surface area contributed by atoms with Crippen LogP contribution in [0.4, 0.5) is 11.6 Å². The minimum absolute atomic E-state index is 0.0201. The molecule has 1 atom stereocenters.